The van der Waals surface area contributed by atoms with Crippen LogP contribution in [0.3, 0.4) is 0 Å². The molecule has 2 aromatic rings. The third-order valence-electron chi connectivity index (χ3n) is 8.58. The summed E-state index contributed by atoms with van der Waals surface area (Å²) >= 11 is 0. The van der Waals surface area contributed by atoms with Crippen LogP contribution >= 0.6 is 0 Å². The van der Waals surface area contributed by atoms with E-state index in [4.69, 9.17) is 21.0 Å². The van der Waals surface area contributed by atoms with Gasteiger partial charge in [-0.1, -0.05) is 53.4 Å². The van der Waals surface area contributed by atoms with E-state index in [0.29, 0.717) is 0 Å². The van der Waals surface area contributed by atoms with Crippen LogP contribution in [0.1, 0.15) is 65.1 Å². The van der Waals surface area contributed by atoms with Crippen LogP contribution < -0.4 is 22.5 Å². The molecular formula is C29H37N4O9Y2-. The summed E-state index contributed by atoms with van der Waals surface area (Å²) in [6, 6.07) is 0. The van der Waals surface area contributed by atoms with Crippen molar-refractivity contribution in [2.24, 2.45) is 22.7 Å². The van der Waals surface area contributed by atoms with Crippen molar-refractivity contribution in [1.82, 2.24) is 19.1 Å². The molecule has 2 radical (unpaired) electrons. The fourth-order valence-electron chi connectivity index (χ4n) is 5.21. The predicted molar refractivity (Wildman–Crippen MR) is 151 cm³/mol. The average Bonchev–Trinajstić information content (AvgIpc) is 3.31. The summed E-state index contributed by atoms with van der Waals surface area (Å²) in [4.78, 5) is 51.6. The number of aliphatic hydroxyl groups is 3. The van der Waals surface area contributed by atoms with Gasteiger partial charge in [0.2, 0.25) is 0 Å². The maximum absolute atomic E-state index is 12.1. The largest absolute Gasteiger partial charge is 0.394 e. The molecular weight excluding hydrogens is 726 g/mol. The van der Waals surface area contributed by atoms with Gasteiger partial charge >= 0.3 is 11.4 Å². The third-order valence-corrected chi connectivity index (χ3v) is 8.58. The predicted octanol–water partition coefficient (Wildman–Crippen LogP) is -0.546. The van der Waals surface area contributed by atoms with Crippen molar-refractivity contribution in [3.63, 3.8) is 0 Å². The molecule has 0 aromatic carbocycles. The van der Waals surface area contributed by atoms with Gasteiger partial charge < -0.3 is 31.2 Å². The summed E-state index contributed by atoms with van der Waals surface area (Å²) < 4.78 is 14.1. The Labute approximate surface area is 304 Å². The topological polar surface area (TPSA) is 189 Å². The number of aromatic nitrogens is 4. The number of hydrogen-bond acceptors (Lipinski definition) is 9. The minimum absolute atomic E-state index is 0. The van der Waals surface area contributed by atoms with E-state index in [9.17, 15) is 29.4 Å². The SMILES string of the molecule is CC1[C@@H](CO)O[C@@H](n2cc(C#CCO)c(=O)[nH]c2=O)C1(C)C.[C-]#Cc1cn([C@@H]2O[C@H](CO)C(C)C2(C)C)c(=O)[nH]c1=O.[Y].[Y]. The number of hydrogen-bond donors (Lipinski definition) is 5. The molecule has 2 fully saturated rings. The first-order valence-corrected chi connectivity index (χ1v) is 13.4. The van der Waals surface area contributed by atoms with Crippen LogP contribution in [0, 0.1) is 46.9 Å². The zero-order valence-corrected chi connectivity index (χ0v) is 31.3. The Bertz CT molecular complexity index is 1640. The normalized spacial score (nSPS) is 26.1. The van der Waals surface area contributed by atoms with Crippen LogP contribution in [0.4, 0.5) is 0 Å². The van der Waals surface area contributed by atoms with Crippen molar-refractivity contribution >= 4 is 0 Å². The van der Waals surface area contributed by atoms with E-state index >= 15 is 0 Å². The molecule has 234 valence electrons. The van der Waals surface area contributed by atoms with Gasteiger partial charge in [0.1, 0.15) is 24.6 Å². The van der Waals surface area contributed by atoms with Gasteiger partial charge in [-0.2, -0.15) is 0 Å². The fourth-order valence-corrected chi connectivity index (χ4v) is 5.21. The van der Waals surface area contributed by atoms with E-state index < -0.39 is 45.8 Å². The van der Waals surface area contributed by atoms with E-state index in [0.717, 1.165) is 0 Å². The van der Waals surface area contributed by atoms with Crippen LogP contribution in [-0.2, 0) is 74.9 Å². The van der Waals surface area contributed by atoms with E-state index in [1.807, 2.05) is 47.5 Å². The van der Waals surface area contributed by atoms with E-state index in [2.05, 4.69) is 21.8 Å². The van der Waals surface area contributed by atoms with Gasteiger partial charge in [-0.3, -0.25) is 34.6 Å². The Hall–Kier alpha value is -1.51. The minimum atomic E-state index is -0.649. The number of H-pyrrole nitrogens is 2. The molecule has 2 aromatic heterocycles. The maximum atomic E-state index is 12.1. The van der Waals surface area contributed by atoms with Crippen LogP contribution in [0.5, 0.6) is 0 Å². The second-order valence-corrected chi connectivity index (χ2v) is 11.6. The number of aromatic amines is 2. The number of nitrogens with zero attached hydrogens (tertiary/aromatic N) is 2. The fraction of sp³-hybridized carbons (Fsp3) is 0.586. The minimum Gasteiger partial charge on any atom is -0.394 e. The smallest absolute Gasteiger partial charge is 0.330 e. The summed E-state index contributed by atoms with van der Waals surface area (Å²) in [5.74, 6) is 6.93. The Balaban J connectivity index is 0.000000422. The molecule has 44 heavy (non-hydrogen) atoms. The third kappa shape index (κ3) is 8.06. The molecule has 0 aliphatic carbocycles. The first kappa shape index (κ1) is 40.5. The van der Waals surface area contributed by atoms with Crippen molar-refractivity contribution in [3.05, 3.63) is 71.6 Å². The quantitative estimate of drug-likeness (QED) is 0.201. The van der Waals surface area contributed by atoms with Crippen LogP contribution in [0.25, 0.3) is 0 Å². The molecule has 2 aliphatic heterocycles. The van der Waals surface area contributed by atoms with E-state index in [1.165, 1.54) is 21.5 Å². The molecule has 0 bridgehead atoms. The van der Waals surface area contributed by atoms with Gasteiger partial charge in [-0.15, -0.1) is 0 Å². The summed E-state index contributed by atoms with van der Waals surface area (Å²) in [7, 11) is 0. The van der Waals surface area contributed by atoms with Crippen molar-refractivity contribution < 1.29 is 90.2 Å². The van der Waals surface area contributed by atoms with E-state index in [-0.39, 0.29) is 120 Å². The van der Waals surface area contributed by atoms with Gasteiger partial charge in [0.15, 0.2) is 5.56 Å². The summed E-state index contributed by atoms with van der Waals surface area (Å²) in [6.45, 7) is 11.0. The van der Waals surface area contributed by atoms with Crippen LogP contribution in [-0.4, -0.2) is 66.5 Å². The van der Waals surface area contributed by atoms with Crippen molar-refractivity contribution in [2.45, 2.75) is 66.2 Å². The van der Waals surface area contributed by atoms with Gasteiger partial charge in [0.25, 0.3) is 5.56 Å². The molecule has 6 atom stereocenters. The number of nitrogens with one attached hydrogen (secondary N) is 2. The summed E-state index contributed by atoms with van der Waals surface area (Å²) in [5.41, 5.74) is -3.24. The van der Waals surface area contributed by atoms with Crippen molar-refractivity contribution in [2.75, 3.05) is 19.8 Å². The molecule has 2 saturated heterocycles. The first-order valence-electron chi connectivity index (χ1n) is 13.4. The molecule has 0 spiro atoms. The average molecular weight is 763 g/mol. The second kappa shape index (κ2) is 16.4. The first-order chi connectivity index (χ1) is 19.6. The molecule has 0 amide bonds. The Morgan fingerprint density at radius 1 is 0.795 bits per heavy atom. The summed E-state index contributed by atoms with van der Waals surface area (Å²) in [6.07, 6.45) is 7.67. The zero-order valence-electron chi connectivity index (χ0n) is 25.6. The number of aliphatic hydroxyl groups excluding tert-OH is 3. The van der Waals surface area contributed by atoms with Gasteiger partial charge in [0, 0.05) is 82.4 Å². The molecule has 5 N–H and O–H groups in total. The molecule has 2 unspecified atom stereocenters. The standard InChI is InChI=1S/C15H20N2O5.C14H17N2O4.2Y/c1-9-11(8-19)22-13(15(9,2)3)17-7-10(5-4-6-18)12(20)16-14(17)21;1-5-9-6-16(13(19)15-11(9)18)12-14(3,4)8(2)10(7-17)20-12;;/h7,9,11,13,18-19H,6,8H2,1-3H3,(H,16,20,21);6,8,10,12,17H,7H2,2-4H3,(H,15,18,19);;/q;-1;;/t9?,11-,13-;8?,10-,12-;;/m11../s1. The van der Waals surface area contributed by atoms with Crippen LogP contribution in [0.15, 0.2) is 31.6 Å². The maximum Gasteiger partial charge on any atom is 0.330 e. The zero-order chi connectivity index (χ0) is 31.6. The Morgan fingerprint density at radius 3 is 1.52 bits per heavy atom. The molecule has 4 rings (SSSR count). The van der Waals surface area contributed by atoms with E-state index in [1.54, 1.807) is 0 Å². The number of rotatable bonds is 4. The van der Waals surface area contributed by atoms with Gasteiger partial charge in [-0.25, -0.2) is 9.59 Å². The van der Waals surface area contributed by atoms with Crippen LogP contribution in [0.2, 0.25) is 0 Å². The van der Waals surface area contributed by atoms with Crippen molar-refractivity contribution in [1.29, 1.82) is 0 Å². The van der Waals surface area contributed by atoms with Gasteiger partial charge in [0.05, 0.1) is 25.4 Å². The Morgan fingerprint density at radius 2 is 1.18 bits per heavy atom. The molecule has 2 aliphatic rings. The summed E-state index contributed by atoms with van der Waals surface area (Å²) in [5, 5.41) is 27.5. The monoisotopic (exact) mass is 763 g/mol. The number of ether oxygens (including phenoxy) is 2. The Kier molecular flexibility index (Phi) is 15.1. The van der Waals surface area contributed by atoms with Crippen molar-refractivity contribution in [3.8, 4) is 17.8 Å². The molecule has 15 heteroatoms. The second-order valence-electron chi connectivity index (χ2n) is 11.6. The molecule has 4 heterocycles. The molecule has 13 nitrogen and oxygen atoms in total. The molecule has 0 saturated carbocycles. The van der Waals surface area contributed by atoms with Gasteiger partial charge in [-0.05, 0) is 23.6 Å².